The molecule has 0 amide bonds. The van der Waals surface area contributed by atoms with Crippen molar-refractivity contribution >= 4 is 16.7 Å². The van der Waals surface area contributed by atoms with Gasteiger partial charge in [0.1, 0.15) is 11.8 Å². The molecule has 1 aromatic heterocycles. The number of para-hydroxylation sites is 1. The molecule has 1 atom stereocenters. The number of furan rings is 1. The van der Waals surface area contributed by atoms with Crippen LogP contribution in [0.4, 0.5) is 5.69 Å². The van der Waals surface area contributed by atoms with E-state index in [1.165, 1.54) is 30.3 Å². The summed E-state index contributed by atoms with van der Waals surface area (Å²) < 4.78 is 5.60. The van der Waals surface area contributed by atoms with Crippen LogP contribution >= 0.6 is 0 Å². The van der Waals surface area contributed by atoms with Crippen LogP contribution in [0.3, 0.4) is 0 Å². The fourth-order valence-corrected chi connectivity index (χ4v) is 2.77. The van der Waals surface area contributed by atoms with Crippen molar-refractivity contribution in [2.75, 3.05) is 25.0 Å². The molecule has 2 aromatic rings. The van der Waals surface area contributed by atoms with E-state index in [9.17, 15) is 0 Å². The number of fused-ring (bicyclic) bond motifs is 1. The van der Waals surface area contributed by atoms with Gasteiger partial charge in [0.2, 0.25) is 0 Å². The summed E-state index contributed by atoms with van der Waals surface area (Å²) >= 11 is 0. The highest BCUT2D eigenvalue weighted by molar-refractivity contribution is 5.90. The molecule has 0 spiro atoms. The maximum absolute atomic E-state index is 5.60. The molecule has 2 heterocycles. The van der Waals surface area contributed by atoms with Crippen LogP contribution in [0.5, 0.6) is 0 Å². The molecule has 1 fully saturated rings. The molecule has 0 aliphatic carbocycles. The predicted molar refractivity (Wildman–Crippen MR) is 75.1 cm³/mol. The molecule has 1 aromatic carbocycles. The summed E-state index contributed by atoms with van der Waals surface area (Å²) in [6.07, 6.45) is 5.81. The summed E-state index contributed by atoms with van der Waals surface area (Å²) in [5, 5.41) is 4.79. The lowest BCUT2D eigenvalue weighted by Gasteiger charge is -2.28. The molecule has 3 heteroatoms. The average molecular weight is 244 g/mol. The van der Waals surface area contributed by atoms with Crippen molar-refractivity contribution in [3.05, 3.63) is 30.5 Å². The molecule has 18 heavy (non-hydrogen) atoms. The smallest absolute Gasteiger partial charge is 0.136 e. The minimum atomic E-state index is 0.609. The monoisotopic (exact) mass is 244 g/mol. The van der Waals surface area contributed by atoms with E-state index in [4.69, 9.17) is 4.42 Å². The van der Waals surface area contributed by atoms with Crippen LogP contribution in [0.15, 0.2) is 34.9 Å². The second-order valence-corrected chi connectivity index (χ2v) is 5.14. The van der Waals surface area contributed by atoms with Crippen molar-refractivity contribution in [2.45, 2.75) is 25.3 Å². The highest BCUT2D eigenvalue weighted by Gasteiger charge is 2.17. The van der Waals surface area contributed by atoms with Gasteiger partial charge < -0.3 is 14.6 Å². The van der Waals surface area contributed by atoms with E-state index in [0.717, 1.165) is 18.7 Å². The third-order valence-electron chi connectivity index (χ3n) is 3.78. The normalized spacial score (nSPS) is 20.2. The highest BCUT2D eigenvalue weighted by atomic mass is 16.3. The Bertz CT molecular complexity index is 514. The van der Waals surface area contributed by atoms with Crippen molar-refractivity contribution in [2.24, 2.45) is 0 Å². The van der Waals surface area contributed by atoms with Gasteiger partial charge in [-0.3, -0.25) is 0 Å². The molecule has 0 bridgehead atoms. The fraction of sp³-hybridized carbons (Fsp3) is 0.467. The van der Waals surface area contributed by atoms with E-state index < -0.39 is 0 Å². The van der Waals surface area contributed by atoms with Gasteiger partial charge in [-0.05, 0) is 31.5 Å². The minimum absolute atomic E-state index is 0.609. The van der Waals surface area contributed by atoms with Gasteiger partial charge in [-0.15, -0.1) is 0 Å². The molecule has 96 valence electrons. The SMILES string of the molecule is CN(CC1CCCCN1)c1coc2ccccc12. The number of nitrogens with zero attached hydrogens (tertiary/aromatic N) is 1. The summed E-state index contributed by atoms with van der Waals surface area (Å²) in [5.74, 6) is 0. The Kier molecular flexibility index (Phi) is 3.24. The van der Waals surface area contributed by atoms with Gasteiger partial charge in [0.15, 0.2) is 0 Å². The van der Waals surface area contributed by atoms with Crippen LogP contribution < -0.4 is 10.2 Å². The fourth-order valence-electron chi connectivity index (χ4n) is 2.77. The molecule has 3 rings (SSSR count). The van der Waals surface area contributed by atoms with E-state index in [1.54, 1.807) is 0 Å². The molecule has 1 aliphatic heterocycles. The first-order chi connectivity index (χ1) is 8.84. The Balaban J connectivity index is 1.76. The number of hydrogen-bond donors (Lipinski definition) is 1. The van der Waals surface area contributed by atoms with E-state index in [0.29, 0.717) is 6.04 Å². The minimum Gasteiger partial charge on any atom is -0.462 e. The number of anilines is 1. The van der Waals surface area contributed by atoms with Crippen molar-refractivity contribution in [1.29, 1.82) is 0 Å². The van der Waals surface area contributed by atoms with Crippen LogP contribution in [-0.2, 0) is 0 Å². The van der Waals surface area contributed by atoms with E-state index in [-0.39, 0.29) is 0 Å². The van der Waals surface area contributed by atoms with Crippen molar-refractivity contribution in [1.82, 2.24) is 5.32 Å². The van der Waals surface area contributed by atoms with Crippen molar-refractivity contribution in [3.8, 4) is 0 Å². The number of hydrogen-bond acceptors (Lipinski definition) is 3. The van der Waals surface area contributed by atoms with Crippen LogP contribution in [0.2, 0.25) is 0 Å². The van der Waals surface area contributed by atoms with Crippen molar-refractivity contribution in [3.63, 3.8) is 0 Å². The van der Waals surface area contributed by atoms with E-state index >= 15 is 0 Å². The standard InChI is InChI=1S/C15H20N2O/c1-17(10-12-6-4-5-9-16-12)14-11-18-15-8-3-2-7-13(14)15/h2-3,7-8,11-12,16H,4-6,9-10H2,1H3. The third-order valence-corrected chi connectivity index (χ3v) is 3.78. The highest BCUT2D eigenvalue weighted by Crippen LogP contribution is 2.28. The molecule has 1 N–H and O–H groups in total. The van der Waals surface area contributed by atoms with Gasteiger partial charge in [-0.2, -0.15) is 0 Å². The summed E-state index contributed by atoms with van der Waals surface area (Å²) in [6, 6.07) is 8.83. The van der Waals surface area contributed by atoms with Crippen LogP contribution in [0.25, 0.3) is 11.0 Å². The van der Waals surface area contributed by atoms with Crippen LogP contribution in [0.1, 0.15) is 19.3 Å². The number of rotatable bonds is 3. The zero-order chi connectivity index (χ0) is 12.4. The van der Waals surface area contributed by atoms with Crippen LogP contribution in [0, 0.1) is 0 Å². The molecule has 3 nitrogen and oxygen atoms in total. The summed E-state index contributed by atoms with van der Waals surface area (Å²) in [6.45, 7) is 2.20. The Labute approximate surface area is 108 Å². The Morgan fingerprint density at radius 1 is 1.33 bits per heavy atom. The quantitative estimate of drug-likeness (QED) is 0.899. The number of piperidine rings is 1. The zero-order valence-electron chi connectivity index (χ0n) is 10.9. The summed E-state index contributed by atoms with van der Waals surface area (Å²) in [7, 11) is 2.15. The van der Waals surface area contributed by atoms with Gasteiger partial charge in [-0.1, -0.05) is 18.6 Å². The van der Waals surface area contributed by atoms with Crippen molar-refractivity contribution < 1.29 is 4.42 Å². The number of benzene rings is 1. The molecule has 1 aliphatic rings. The average Bonchev–Trinajstić information content (AvgIpc) is 2.84. The summed E-state index contributed by atoms with van der Waals surface area (Å²) in [4.78, 5) is 2.30. The zero-order valence-corrected chi connectivity index (χ0v) is 10.9. The second-order valence-electron chi connectivity index (χ2n) is 5.14. The van der Waals surface area contributed by atoms with E-state index in [2.05, 4.69) is 29.4 Å². The topological polar surface area (TPSA) is 28.4 Å². The Morgan fingerprint density at radius 2 is 2.22 bits per heavy atom. The number of likely N-dealkylation sites (N-methyl/N-ethyl adjacent to an activating group) is 1. The number of nitrogens with one attached hydrogen (secondary N) is 1. The lowest BCUT2D eigenvalue weighted by molar-refractivity contribution is 0.403. The first-order valence-electron chi connectivity index (χ1n) is 6.75. The third kappa shape index (κ3) is 2.23. The largest absolute Gasteiger partial charge is 0.462 e. The first-order valence-corrected chi connectivity index (χ1v) is 6.75. The maximum atomic E-state index is 5.60. The lowest BCUT2D eigenvalue weighted by Crippen LogP contribution is -2.42. The lowest BCUT2D eigenvalue weighted by atomic mass is 10.0. The Hall–Kier alpha value is -1.48. The molecular formula is C15H20N2O. The molecule has 0 saturated carbocycles. The molecule has 1 saturated heterocycles. The second kappa shape index (κ2) is 5.02. The Morgan fingerprint density at radius 3 is 3.06 bits per heavy atom. The predicted octanol–water partition coefficient (Wildman–Crippen LogP) is 3.01. The molecule has 1 unspecified atom stereocenters. The molecule has 0 radical (unpaired) electrons. The van der Waals surface area contributed by atoms with Gasteiger partial charge in [0, 0.05) is 25.0 Å². The maximum Gasteiger partial charge on any atom is 0.136 e. The van der Waals surface area contributed by atoms with Gasteiger partial charge >= 0.3 is 0 Å². The van der Waals surface area contributed by atoms with E-state index in [1.807, 2.05) is 18.4 Å². The van der Waals surface area contributed by atoms with Gasteiger partial charge in [0.05, 0.1) is 5.69 Å². The molecular weight excluding hydrogens is 224 g/mol. The van der Waals surface area contributed by atoms with Gasteiger partial charge in [-0.25, -0.2) is 0 Å². The van der Waals surface area contributed by atoms with Gasteiger partial charge in [0.25, 0.3) is 0 Å². The van der Waals surface area contributed by atoms with Crippen LogP contribution in [-0.4, -0.2) is 26.2 Å². The summed E-state index contributed by atoms with van der Waals surface area (Å²) in [5.41, 5.74) is 2.16. The first kappa shape index (κ1) is 11.6.